The van der Waals surface area contributed by atoms with E-state index in [4.69, 9.17) is 4.42 Å². The van der Waals surface area contributed by atoms with Gasteiger partial charge in [-0.05, 0) is 73.9 Å². The molecule has 0 aliphatic rings. The van der Waals surface area contributed by atoms with Crippen molar-refractivity contribution in [3.8, 4) is 0 Å². The van der Waals surface area contributed by atoms with Crippen molar-refractivity contribution in [2.75, 3.05) is 0 Å². The summed E-state index contributed by atoms with van der Waals surface area (Å²) in [6, 6.07) is 9.22. The lowest BCUT2D eigenvalue weighted by Crippen LogP contribution is -1.93. The van der Waals surface area contributed by atoms with Crippen LogP contribution >= 0.6 is 0 Å². The van der Waals surface area contributed by atoms with Crippen LogP contribution in [0.25, 0.3) is 21.9 Å². The van der Waals surface area contributed by atoms with Gasteiger partial charge in [0.15, 0.2) is 0 Å². The van der Waals surface area contributed by atoms with Gasteiger partial charge in [0.1, 0.15) is 11.2 Å². The van der Waals surface area contributed by atoms with Gasteiger partial charge in [-0.2, -0.15) is 0 Å². The van der Waals surface area contributed by atoms with Gasteiger partial charge in [0.2, 0.25) is 0 Å². The molecule has 3 rings (SSSR count). The Kier molecular flexibility index (Phi) is 5.83. The summed E-state index contributed by atoms with van der Waals surface area (Å²) >= 11 is 0. The second kappa shape index (κ2) is 8.08. The number of fused-ring (bicyclic) bond motifs is 3. The molecule has 1 aromatic heterocycles. The zero-order chi connectivity index (χ0) is 17.8. The van der Waals surface area contributed by atoms with Crippen molar-refractivity contribution in [3.05, 3.63) is 46.5 Å². The third-order valence-electron chi connectivity index (χ3n) is 5.28. The zero-order valence-electron chi connectivity index (χ0n) is 16.4. The molecule has 1 nitrogen and oxygen atoms in total. The van der Waals surface area contributed by atoms with Crippen molar-refractivity contribution in [2.24, 2.45) is 0 Å². The molecule has 0 amide bonds. The average Bonchev–Trinajstić information content (AvgIpc) is 2.93. The molecule has 0 aliphatic heterocycles. The van der Waals surface area contributed by atoms with Crippen LogP contribution in [0.1, 0.15) is 74.6 Å². The third kappa shape index (κ3) is 3.92. The number of benzene rings is 2. The number of hydrogen-bond acceptors (Lipinski definition) is 1. The van der Waals surface area contributed by atoms with E-state index in [1.807, 2.05) is 0 Å². The minimum atomic E-state index is 1.05. The van der Waals surface area contributed by atoms with Crippen molar-refractivity contribution in [3.63, 3.8) is 0 Å². The maximum absolute atomic E-state index is 6.31. The fourth-order valence-electron chi connectivity index (χ4n) is 4.03. The van der Waals surface area contributed by atoms with E-state index in [1.54, 1.807) is 0 Å². The number of unbranched alkanes of at least 4 members (excludes halogenated alkanes) is 4. The van der Waals surface area contributed by atoms with E-state index < -0.39 is 0 Å². The van der Waals surface area contributed by atoms with Crippen LogP contribution in [0, 0.1) is 13.8 Å². The van der Waals surface area contributed by atoms with Crippen molar-refractivity contribution >= 4 is 21.9 Å². The molecule has 25 heavy (non-hydrogen) atoms. The van der Waals surface area contributed by atoms with Gasteiger partial charge in [-0.1, -0.05) is 51.7 Å². The summed E-state index contributed by atoms with van der Waals surface area (Å²) < 4.78 is 6.31. The maximum Gasteiger partial charge on any atom is 0.135 e. The molecule has 1 heteroatoms. The van der Waals surface area contributed by atoms with Gasteiger partial charge in [0, 0.05) is 10.8 Å². The quantitative estimate of drug-likeness (QED) is 0.385. The second-order valence-corrected chi connectivity index (χ2v) is 7.60. The van der Waals surface area contributed by atoms with E-state index in [2.05, 4.69) is 52.0 Å². The van der Waals surface area contributed by atoms with E-state index in [0.29, 0.717) is 0 Å². The standard InChI is InChI=1S/C24H32O/c1-5-7-9-11-19-15-20(12-10-8-6-2)24-22(16-19)25-21-14-17(3)13-18(4)23(21)24/h13-16H,5-12H2,1-4H3. The summed E-state index contributed by atoms with van der Waals surface area (Å²) in [5.41, 5.74) is 7.69. The molecule has 0 fully saturated rings. The fraction of sp³-hybridized carbons (Fsp3) is 0.500. The predicted octanol–water partition coefficient (Wildman–Crippen LogP) is 7.67. The monoisotopic (exact) mass is 336 g/mol. The highest BCUT2D eigenvalue weighted by atomic mass is 16.3. The van der Waals surface area contributed by atoms with Gasteiger partial charge in [-0.25, -0.2) is 0 Å². The van der Waals surface area contributed by atoms with E-state index in [0.717, 1.165) is 17.6 Å². The Balaban J connectivity index is 2.11. The van der Waals surface area contributed by atoms with E-state index in [9.17, 15) is 0 Å². The Bertz CT molecular complexity index is 854. The van der Waals surface area contributed by atoms with Gasteiger partial charge >= 0.3 is 0 Å². The molecule has 0 spiro atoms. The Labute approximate surface area is 152 Å². The highest BCUT2D eigenvalue weighted by Crippen LogP contribution is 2.36. The Morgan fingerprint density at radius 3 is 2.12 bits per heavy atom. The normalized spacial score (nSPS) is 11.7. The molecule has 2 aromatic carbocycles. The maximum atomic E-state index is 6.31. The second-order valence-electron chi connectivity index (χ2n) is 7.60. The number of furan rings is 1. The fourth-order valence-corrected chi connectivity index (χ4v) is 4.03. The van der Waals surface area contributed by atoms with Gasteiger partial charge in [0.05, 0.1) is 0 Å². The summed E-state index contributed by atoms with van der Waals surface area (Å²) in [6.45, 7) is 8.91. The third-order valence-corrected chi connectivity index (χ3v) is 5.28. The van der Waals surface area contributed by atoms with E-state index in [-0.39, 0.29) is 0 Å². The van der Waals surface area contributed by atoms with Crippen molar-refractivity contribution in [1.29, 1.82) is 0 Å². The largest absolute Gasteiger partial charge is 0.456 e. The van der Waals surface area contributed by atoms with Crippen LogP contribution in [-0.4, -0.2) is 0 Å². The molecule has 0 bridgehead atoms. The first-order valence-corrected chi connectivity index (χ1v) is 10.1. The topological polar surface area (TPSA) is 13.1 Å². The number of aryl methyl sites for hydroxylation is 4. The first kappa shape index (κ1) is 18.0. The summed E-state index contributed by atoms with van der Waals surface area (Å²) in [7, 11) is 0. The molecule has 0 saturated heterocycles. The highest BCUT2D eigenvalue weighted by Gasteiger charge is 2.15. The van der Waals surface area contributed by atoms with Crippen molar-refractivity contribution < 1.29 is 4.42 Å². The van der Waals surface area contributed by atoms with Gasteiger partial charge in [-0.15, -0.1) is 0 Å². The van der Waals surface area contributed by atoms with Crippen LogP contribution in [0.4, 0.5) is 0 Å². The molecule has 3 aromatic rings. The van der Waals surface area contributed by atoms with Gasteiger partial charge < -0.3 is 4.42 Å². The molecule has 0 saturated carbocycles. The highest BCUT2D eigenvalue weighted by molar-refractivity contribution is 6.08. The minimum Gasteiger partial charge on any atom is -0.456 e. The first-order chi connectivity index (χ1) is 12.1. The van der Waals surface area contributed by atoms with Crippen LogP contribution in [0.5, 0.6) is 0 Å². The van der Waals surface area contributed by atoms with E-state index in [1.165, 1.54) is 78.0 Å². The summed E-state index contributed by atoms with van der Waals surface area (Å²) in [6.07, 6.45) is 10.0. The average molecular weight is 337 g/mol. The molecule has 0 N–H and O–H groups in total. The Morgan fingerprint density at radius 1 is 0.720 bits per heavy atom. The zero-order valence-corrected chi connectivity index (χ0v) is 16.4. The molecular weight excluding hydrogens is 304 g/mol. The number of rotatable bonds is 8. The molecule has 1 heterocycles. The number of hydrogen-bond donors (Lipinski definition) is 0. The van der Waals surface area contributed by atoms with Crippen LogP contribution in [0.3, 0.4) is 0 Å². The smallest absolute Gasteiger partial charge is 0.135 e. The lowest BCUT2D eigenvalue weighted by atomic mass is 9.95. The van der Waals surface area contributed by atoms with Crippen LogP contribution in [0.15, 0.2) is 28.7 Å². The molecule has 134 valence electrons. The summed E-state index contributed by atoms with van der Waals surface area (Å²) in [4.78, 5) is 0. The Morgan fingerprint density at radius 2 is 1.40 bits per heavy atom. The summed E-state index contributed by atoms with van der Waals surface area (Å²) in [5, 5.41) is 2.69. The van der Waals surface area contributed by atoms with Gasteiger partial charge in [-0.3, -0.25) is 0 Å². The van der Waals surface area contributed by atoms with Crippen LogP contribution in [-0.2, 0) is 12.8 Å². The van der Waals surface area contributed by atoms with Crippen LogP contribution in [0.2, 0.25) is 0 Å². The molecule has 0 atom stereocenters. The first-order valence-electron chi connectivity index (χ1n) is 10.1. The van der Waals surface area contributed by atoms with E-state index >= 15 is 0 Å². The lowest BCUT2D eigenvalue weighted by Gasteiger charge is -2.08. The van der Waals surface area contributed by atoms with Gasteiger partial charge in [0.25, 0.3) is 0 Å². The molecular formula is C24H32O. The predicted molar refractivity (Wildman–Crippen MR) is 110 cm³/mol. The summed E-state index contributed by atoms with van der Waals surface area (Å²) in [5.74, 6) is 0. The van der Waals surface area contributed by atoms with Crippen molar-refractivity contribution in [2.45, 2.75) is 79.1 Å². The molecule has 0 radical (unpaired) electrons. The molecule has 0 unspecified atom stereocenters. The molecule has 0 aliphatic carbocycles. The Hall–Kier alpha value is -1.76. The minimum absolute atomic E-state index is 1.05. The lowest BCUT2D eigenvalue weighted by molar-refractivity contribution is 0.664. The SMILES string of the molecule is CCCCCc1cc(CCCCC)c2c(c1)oc1cc(C)cc(C)c12. The van der Waals surface area contributed by atoms with Crippen molar-refractivity contribution in [1.82, 2.24) is 0 Å². The van der Waals surface area contributed by atoms with Crippen LogP contribution < -0.4 is 0 Å².